The average Bonchev–Trinajstić information content (AvgIpc) is 3.29. The molecule has 0 saturated carbocycles. The Hall–Kier alpha value is -2.57. The number of ether oxygens (including phenoxy) is 1. The van der Waals surface area contributed by atoms with Crippen LogP contribution in [0.25, 0.3) is 0 Å². The first-order chi connectivity index (χ1) is 17.6. The maximum atomic E-state index is 14.2. The molecule has 36 heavy (non-hydrogen) atoms. The summed E-state index contributed by atoms with van der Waals surface area (Å²) >= 11 is 0. The van der Waals surface area contributed by atoms with Crippen molar-refractivity contribution in [3.63, 3.8) is 0 Å². The molecule has 2 heterocycles. The van der Waals surface area contributed by atoms with Crippen LogP contribution in [0, 0.1) is 5.82 Å². The molecule has 1 unspecified atom stereocenters. The number of halogens is 1. The lowest BCUT2D eigenvalue weighted by molar-refractivity contribution is 0.0236. The maximum absolute atomic E-state index is 14.2. The van der Waals surface area contributed by atoms with Crippen LogP contribution in [0.3, 0.4) is 0 Å². The summed E-state index contributed by atoms with van der Waals surface area (Å²) in [5, 5.41) is 10.6. The number of benzene rings is 3. The van der Waals surface area contributed by atoms with Crippen LogP contribution in [-0.4, -0.2) is 60.3 Å². The fourth-order valence-electron chi connectivity index (χ4n) is 6.33. The van der Waals surface area contributed by atoms with E-state index >= 15 is 0 Å². The Morgan fingerprint density at radius 2 is 1.58 bits per heavy atom. The summed E-state index contributed by atoms with van der Waals surface area (Å²) in [6.45, 7) is 5.66. The van der Waals surface area contributed by atoms with Crippen LogP contribution >= 0.6 is 0 Å². The summed E-state index contributed by atoms with van der Waals surface area (Å²) < 4.78 is 20.9. The van der Waals surface area contributed by atoms with Crippen molar-refractivity contribution in [2.24, 2.45) is 0 Å². The number of rotatable bonds is 6. The van der Waals surface area contributed by atoms with Gasteiger partial charge in [0.2, 0.25) is 0 Å². The summed E-state index contributed by atoms with van der Waals surface area (Å²) in [7, 11) is 0. The average molecular weight is 487 g/mol. The fourth-order valence-corrected chi connectivity index (χ4v) is 6.33. The number of fused-ring (bicyclic) bond motifs is 5. The van der Waals surface area contributed by atoms with Crippen LogP contribution in [0.2, 0.25) is 0 Å². The zero-order chi connectivity index (χ0) is 24.5. The highest BCUT2D eigenvalue weighted by Crippen LogP contribution is 2.49. The summed E-state index contributed by atoms with van der Waals surface area (Å²) in [5.41, 5.74) is 5.91. The van der Waals surface area contributed by atoms with Crippen LogP contribution in [0.5, 0.6) is 0 Å². The van der Waals surface area contributed by atoms with Gasteiger partial charge in [-0.3, -0.25) is 4.90 Å². The fraction of sp³-hybridized carbons (Fsp3) is 0.419. The highest BCUT2D eigenvalue weighted by molar-refractivity contribution is 5.45. The number of nitrogens with zero attached hydrogens (tertiary/aromatic N) is 2. The van der Waals surface area contributed by atoms with Crippen LogP contribution < -0.4 is 0 Å². The molecule has 2 fully saturated rings. The zero-order valence-electron chi connectivity index (χ0n) is 20.7. The Labute approximate surface area is 213 Å². The number of piperazine rings is 1. The topological polar surface area (TPSA) is 35.9 Å². The van der Waals surface area contributed by atoms with Gasteiger partial charge in [0, 0.05) is 45.2 Å². The molecule has 0 spiro atoms. The van der Waals surface area contributed by atoms with E-state index in [1.165, 1.54) is 16.7 Å². The molecule has 4 atom stereocenters. The Bertz CT molecular complexity index is 1180. The lowest BCUT2D eigenvalue weighted by Gasteiger charge is -2.36. The SMILES string of the molecule is OC(CN1CCN(CC[C@H]2C[C@@H]3c4ccccc4Cc4ccc(F)cc4[C@H]3O2)CC1)c1ccccc1. The molecule has 6 rings (SSSR count). The summed E-state index contributed by atoms with van der Waals surface area (Å²) in [6.07, 6.45) is 2.50. The third kappa shape index (κ3) is 4.98. The highest BCUT2D eigenvalue weighted by Gasteiger charge is 2.40. The van der Waals surface area contributed by atoms with Crippen molar-refractivity contribution in [2.45, 2.75) is 43.5 Å². The van der Waals surface area contributed by atoms with Crippen LogP contribution in [-0.2, 0) is 11.2 Å². The number of aliphatic hydroxyl groups excluding tert-OH is 1. The van der Waals surface area contributed by atoms with Gasteiger partial charge < -0.3 is 14.7 Å². The Balaban J connectivity index is 1.06. The molecule has 3 aliphatic rings. The Morgan fingerprint density at radius 3 is 2.42 bits per heavy atom. The lowest BCUT2D eigenvalue weighted by Crippen LogP contribution is -2.48. The van der Waals surface area contributed by atoms with E-state index in [9.17, 15) is 9.50 Å². The predicted octanol–water partition coefficient (Wildman–Crippen LogP) is 5.09. The van der Waals surface area contributed by atoms with Gasteiger partial charge in [-0.05, 0) is 59.2 Å². The normalized spacial score (nSPS) is 25.0. The van der Waals surface area contributed by atoms with Crippen LogP contribution in [0.15, 0.2) is 72.8 Å². The molecule has 1 aliphatic carbocycles. The third-order valence-electron chi connectivity index (χ3n) is 8.32. The molecule has 3 aromatic carbocycles. The quantitative estimate of drug-likeness (QED) is 0.527. The number of aliphatic hydroxyl groups is 1. The van der Waals surface area contributed by atoms with E-state index in [0.29, 0.717) is 6.54 Å². The van der Waals surface area contributed by atoms with Gasteiger partial charge >= 0.3 is 0 Å². The van der Waals surface area contributed by atoms with Crippen molar-refractivity contribution < 1.29 is 14.2 Å². The van der Waals surface area contributed by atoms with Crippen molar-refractivity contribution in [1.82, 2.24) is 9.80 Å². The highest BCUT2D eigenvalue weighted by atomic mass is 19.1. The van der Waals surface area contributed by atoms with E-state index < -0.39 is 6.10 Å². The van der Waals surface area contributed by atoms with Gasteiger partial charge in [0.05, 0.1) is 18.3 Å². The second-order valence-electron chi connectivity index (χ2n) is 10.6. The minimum atomic E-state index is -0.437. The molecular weight excluding hydrogens is 451 g/mol. The predicted molar refractivity (Wildman–Crippen MR) is 140 cm³/mol. The standard InChI is InChI=1S/C31H35FN2O2/c32-25-11-10-24-18-23-8-4-5-9-27(23)29-20-26(36-31(29)28(24)19-25)12-13-33-14-16-34(17-15-33)21-30(35)22-6-2-1-3-7-22/h1-11,19,26,29-31,35H,12-18,20-21H2/t26-,29+,30?,31+/m0/s1. The van der Waals surface area contributed by atoms with Crippen LogP contribution in [0.1, 0.15) is 58.8 Å². The van der Waals surface area contributed by atoms with Gasteiger partial charge in [0.25, 0.3) is 0 Å². The van der Waals surface area contributed by atoms with E-state index in [1.54, 1.807) is 12.1 Å². The van der Waals surface area contributed by atoms with E-state index in [0.717, 1.165) is 63.1 Å². The van der Waals surface area contributed by atoms with Gasteiger partial charge in [-0.2, -0.15) is 0 Å². The second kappa shape index (κ2) is 10.4. The molecular formula is C31H35FN2O2. The van der Waals surface area contributed by atoms with Gasteiger partial charge in [-0.25, -0.2) is 4.39 Å². The lowest BCUT2D eigenvalue weighted by atomic mass is 9.87. The second-order valence-corrected chi connectivity index (χ2v) is 10.6. The molecule has 1 N–H and O–H groups in total. The smallest absolute Gasteiger partial charge is 0.123 e. The summed E-state index contributed by atoms with van der Waals surface area (Å²) in [6, 6.07) is 23.8. The largest absolute Gasteiger partial charge is 0.387 e. The monoisotopic (exact) mass is 486 g/mol. The van der Waals surface area contributed by atoms with E-state index in [4.69, 9.17) is 4.74 Å². The van der Waals surface area contributed by atoms with Gasteiger partial charge in [-0.1, -0.05) is 60.7 Å². The number of hydrogen-bond donors (Lipinski definition) is 1. The zero-order valence-corrected chi connectivity index (χ0v) is 20.7. The summed E-state index contributed by atoms with van der Waals surface area (Å²) in [5.74, 6) is 0.103. The number of hydrogen-bond acceptors (Lipinski definition) is 4. The molecule has 0 aromatic heterocycles. The Kier molecular flexibility index (Phi) is 6.89. The molecule has 4 nitrogen and oxygen atoms in total. The van der Waals surface area contributed by atoms with Crippen molar-refractivity contribution in [3.8, 4) is 0 Å². The first-order valence-corrected chi connectivity index (χ1v) is 13.3. The molecule has 0 bridgehead atoms. The van der Waals surface area contributed by atoms with E-state index in [2.05, 4.69) is 34.1 Å². The summed E-state index contributed by atoms with van der Waals surface area (Å²) in [4.78, 5) is 4.88. The van der Waals surface area contributed by atoms with E-state index in [1.807, 2.05) is 36.4 Å². The molecule has 0 amide bonds. The number of β-amino-alcohol motifs (C(OH)–C–C–N with tert-alkyl or cyclic N) is 1. The van der Waals surface area contributed by atoms with Crippen molar-refractivity contribution >= 4 is 0 Å². The van der Waals surface area contributed by atoms with E-state index in [-0.39, 0.29) is 23.9 Å². The maximum Gasteiger partial charge on any atom is 0.123 e. The molecule has 3 aromatic rings. The minimum Gasteiger partial charge on any atom is -0.387 e. The first-order valence-electron chi connectivity index (χ1n) is 13.3. The van der Waals surface area contributed by atoms with Gasteiger partial charge in [0.1, 0.15) is 5.82 Å². The van der Waals surface area contributed by atoms with Gasteiger partial charge in [-0.15, -0.1) is 0 Å². The van der Waals surface area contributed by atoms with Crippen molar-refractivity contribution in [1.29, 1.82) is 0 Å². The Morgan fingerprint density at radius 1 is 0.861 bits per heavy atom. The minimum absolute atomic E-state index is 0.0688. The molecule has 2 saturated heterocycles. The molecule has 5 heteroatoms. The van der Waals surface area contributed by atoms with Crippen molar-refractivity contribution in [3.05, 3.63) is 106 Å². The molecule has 2 aliphatic heterocycles. The molecule has 0 radical (unpaired) electrons. The first kappa shape index (κ1) is 23.8. The van der Waals surface area contributed by atoms with Crippen molar-refractivity contribution in [2.75, 3.05) is 39.3 Å². The van der Waals surface area contributed by atoms with Gasteiger partial charge in [0.15, 0.2) is 0 Å². The molecule has 188 valence electrons. The van der Waals surface area contributed by atoms with Crippen LogP contribution in [0.4, 0.5) is 4.39 Å². The third-order valence-corrected chi connectivity index (χ3v) is 8.32.